The molecule has 0 bridgehead atoms. The molecule has 0 heterocycles. The van der Waals surface area contributed by atoms with E-state index in [0.29, 0.717) is 0 Å². The first-order valence-electron chi connectivity index (χ1n) is 3.11. The standard InChI is InChI=1S/C6H8O7.Ca.H2O/c7-3(8)1-6(13,5(11)12)2-4(9)10;;/h13H,1-2H2,(H,7,8)(H,9,10)(H,11,12);;1H2/q;+2;/p-3. The molecule has 0 fully saturated rings. The van der Waals surface area contributed by atoms with Crippen LogP contribution >= 0.6 is 0 Å². The fourth-order valence-corrected chi connectivity index (χ4v) is 0.684. The first kappa shape index (κ1) is 20.1. The second kappa shape index (κ2) is 7.83. The maximum Gasteiger partial charge on any atom is 2.00 e. The number of carbonyl (C=O) groups is 3. The predicted molar refractivity (Wildman–Crippen MR) is 38.6 cm³/mol. The first-order valence-corrected chi connectivity index (χ1v) is 3.11. The second-order valence-electron chi connectivity index (χ2n) is 2.42. The van der Waals surface area contributed by atoms with Crippen LogP contribution in [-0.2, 0) is 14.4 Å². The van der Waals surface area contributed by atoms with E-state index in [9.17, 15) is 29.7 Å². The van der Waals surface area contributed by atoms with Gasteiger partial charge >= 0.3 is 37.7 Å². The summed E-state index contributed by atoms with van der Waals surface area (Å²) in [7, 11) is 0. The van der Waals surface area contributed by atoms with Crippen molar-refractivity contribution in [3.8, 4) is 0 Å². The molecule has 0 aromatic carbocycles. The Hall–Kier alpha value is -0.410. The van der Waals surface area contributed by atoms with Gasteiger partial charge in [-0.15, -0.1) is 0 Å². The second-order valence-corrected chi connectivity index (χ2v) is 2.42. The van der Waals surface area contributed by atoms with E-state index >= 15 is 0 Å². The summed E-state index contributed by atoms with van der Waals surface area (Å²) in [5.74, 6) is -5.98. The van der Waals surface area contributed by atoms with Crippen molar-refractivity contribution >= 4 is 55.6 Å². The molecular formula is C6H7CaO8-. The third kappa shape index (κ3) is 7.51. The zero-order chi connectivity index (χ0) is 10.6. The SMILES string of the molecule is O.O=C([O-])CC(O)(CC(=O)[O-])C(=O)[O-].[Ca+2]. The van der Waals surface area contributed by atoms with Gasteiger partial charge in [0.25, 0.3) is 0 Å². The van der Waals surface area contributed by atoms with Crippen LogP contribution in [-0.4, -0.2) is 71.8 Å². The largest absolute Gasteiger partial charge is 2.00 e. The van der Waals surface area contributed by atoms with E-state index in [0.717, 1.165) is 0 Å². The Morgan fingerprint density at radius 2 is 1.27 bits per heavy atom. The van der Waals surface area contributed by atoms with Crippen molar-refractivity contribution in [3.05, 3.63) is 0 Å². The Morgan fingerprint density at radius 3 is 1.40 bits per heavy atom. The number of carboxylic acids is 3. The average molecular weight is 247 g/mol. The van der Waals surface area contributed by atoms with Gasteiger partial charge in [-0.2, -0.15) is 0 Å². The van der Waals surface area contributed by atoms with Crippen molar-refractivity contribution in [3.63, 3.8) is 0 Å². The molecular weight excluding hydrogens is 240 g/mol. The third-order valence-corrected chi connectivity index (χ3v) is 1.25. The van der Waals surface area contributed by atoms with Crippen LogP contribution < -0.4 is 15.3 Å². The minimum absolute atomic E-state index is 0. The van der Waals surface area contributed by atoms with E-state index < -0.39 is 36.4 Å². The zero-order valence-electron chi connectivity index (χ0n) is 7.52. The van der Waals surface area contributed by atoms with Gasteiger partial charge in [0.05, 0.1) is 5.97 Å². The van der Waals surface area contributed by atoms with Crippen LogP contribution in [0.5, 0.6) is 0 Å². The van der Waals surface area contributed by atoms with Gasteiger partial charge in [-0.25, -0.2) is 0 Å². The molecule has 0 aromatic rings. The molecule has 82 valence electrons. The van der Waals surface area contributed by atoms with E-state index in [-0.39, 0.29) is 43.2 Å². The molecule has 0 radical (unpaired) electrons. The van der Waals surface area contributed by atoms with Crippen molar-refractivity contribution in [1.29, 1.82) is 0 Å². The summed E-state index contributed by atoms with van der Waals surface area (Å²) >= 11 is 0. The van der Waals surface area contributed by atoms with E-state index in [1.165, 1.54) is 0 Å². The minimum Gasteiger partial charge on any atom is -0.550 e. The van der Waals surface area contributed by atoms with Gasteiger partial charge in [0.1, 0.15) is 5.60 Å². The molecule has 15 heavy (non-hydrogen) atoms. The molecule has 0 saturated heterocycles. The van der Waals surface area contributed by atoms with Crippen molar-refractivity contribution < 1.29 is 40.3 Å². The van der Waals surface area contributed by atoms with Gasteiger partial charge < -0.3 is 40.3 Å². The monoisotopic (exact) mass is 247 g/mol. The molecule has 0 aliphatic carbocycles. The Balaban J connectivity index is -0.000000720. The number of rotatable bonds is 5. The number of hydrogen-bond donors (Lipinski definition) is 1. The van der Waals surface area contributed by atoms with Crippen molar-refractivity contribution in [2.24, 2.45) is 0 Å². The molecule has 0 unspecified atom stereocenters. The van der Waals surface area contributed by atoms with Crippen molar-refractivity contribution in [2.45, 2.75) is 18.4 Å². The minimum atomic E-state index is -2.97. The Bertz CT molecular complexity index is 234. The van der Waals surface area contributed by atoms with E-state index in [1.54, 1.807) is 0 Å². The molecule has 3 N–H and O–H groups in total. The molecule has 0 aromatic heterocycles. The predicted octanol–water partition coefficient (Wildman–Crippen LogP) is -6.46. The molecule has 0 spiro atoms. The van der Waals surface area contributed by atoms with Gasteiger partial charge in [-0.1, -0.05) is 0 Å². The first-order chi connectivity index (χ1) is 5.78. The average Bonchev–Trinajstić information content (AvgIpc) is 1.82. The molecule has 0 aliphatic rings. The number of carbonyl (C=O) groups excluding carboxylic acids is 3. The molecule has 0 rings (SSSR count). The topological polar surface area (TPSA) is 172 Å². The summed E-state index contributed by atoms with van der Waals surface area (Å²) in [6, 6.07) is 0. The molecule has 0 amide bonds. The van der Waals surface area contributed by atoms with Gasteiger partial charge in [0, 0.05) is 24.8 Å². The summed E-state index contributed by atoms with van der Waals surface area (Å²) in [5, 5.41) is 38.9. The molecule has 0 saturated carbocycles. The third-order valence-electron chi connectivity index (χ3n) is 1.25. The van der Waals surface area contributed by atoms with Gasteiger partial charge in [0.2, 0.25) is 0 Å². The zero-order valence-corrected chi connectivity index (χ0v) is 9.73. The molecule has 0 atom stereocenters. The molecule has 9 heteroatoms. The summed E-state index contributed by atoms with van der Waals surface area (Å²) in [6.07, 6.45) is -2.72. The van der Waals surface area contributed by atoms with Crippen LogP contribution in [0.3, 0.4) is 0 Å². The summed E-state index contributed by atoms with van der Waals surface area (Å²) < 4.78 is 0. The summed E-state index contributed by atoms with van der Waals surface area (Å²) in [4.78, 5) is 30.0. The van der Waals surface area contributed by atoms with E-state index in [1.807, 2.05) is 0 Å². The van der Waals surface area contributed by atoms with Crippen LogP contribution in [0.4, 0.5) is 0 Å². The fourth-order valence-electron chi connectivity index (χ4n) is 0.684. The van der Waals surface area contributed by atoms with Crippen LogP contribution in [0, 0.1) is 0 Å². The van der Waals surface area contributed by atoms with E-state index in [2.05, 4.69) is 0 Å². The van der Waals surface area contributed by atoms with Crippen molar-refractivity contribution in [1.82, 2.24) is 0 Å². The van der Waals surface area contributed by atoms with Crippen LogP contribution in [0.1, 0.15) is 12.8 Å². The smallest absolute Gasteiger partial charge is 0.550 e. The fraction of sp³-hybridized carbons (Fsp3) is 0.500. The summed E-state index contributed by atoms with van der Waals surface area (Å²) in [6.45, 7) is 0. The number of aliphatic carboxylic acids is 3. The quantitative estimate of drug-likeness (QED) is 0.470. The Kier molecular flexibility index (Phi) is 10.5. The van der Waals surface area contributed by atoms with Crippen LogP contribution in [0.25, 0.3) is 0 Å². The van der Waals surface area contributed by atoms with Crippen molar-refractivity contribution in [2.75, 3.05) is 0 Å². The van der Waals surface area contributed by atoms with Gasteiger partial charge in [-0.3, -0.25) is 0 Å². The van der Waals surface area contributed by atoms with E-state index in [4.69, 9.17) is 5.11 Å². The van der Waals surface area contributed by atoms with Gasteiger partial charge in [0.15, 0.2) is 0 Å². The molecule has 0 aliphatic heterocycles. The van der Waals surface area contributed by atoms with Gasteiger partial charge in [-0.05, 0) is 0 Å². The van der Waals surface area contributed by atoms with Crippen LogP contribution in [0.2, 0.25) is 0 Å². The maximum absolute atomic E-state index is 10.1. The number of carboxylic acid groups (broad SMARTS) is 3. The summed E-state index contributed by atoms with van der Waals surface area (Å²) in [5.41, 5.74) is -2.97. The Labute approximate surface area is 114 Å². The maximum atomic E-state index is 10.1. The number of hydrogen-bond acceptors (Lipinski definition) is 7. The normalized spacial score (nSPS) is 9.40. The Morgan fingerprint density at radius 1 is 1.00 bits per heavy atom. The van der Waals surface area contributed by atoms with Crippen LogP contribution in [0.15, 0.2) is 0 Å². The molecule has 8 nitrogen and oxygen atoms in total. The number of aliphatic hydroxyl groups is 1.